The highest BCUT2D eigenvalue weighted by atomic mass is 35.5. The molecule has 0 saturated heterocycles. The van der Waals surface area contributed by atoms with Crippen LogP contribution in [0.1, 0.15) is 17.3 Å². The van der Waals surface area contributed by atoms with E-state index in [1.54, 1.807) is 0 Å². The number of aromatic amines is 1. The second-order valence-electron chi connectivity index (χ2n) is 4.22. The standard InChI is InChI=1S/C12H13N3O.ClH/c13-12(16)11-10-8(5-6-14-11)7-3-1-2-4-9(7)15-10;/h1-4,11,14-15H,5-6H2,(H2,13,16);1H. The van der Waals surface area contributed by atoms with Gasteiger partial charge in [0.25, 0.3) is 5.91 Å². The lowest BCUT2D eigenvalue weighted by Crippen LogP contribution is -3.00. The number of carbonyl (C=O) groups is 1. The first-order chi connectivity index (χ1) is 7.77. The summed E-state index contributed by atoms with van der Waals surface area (Å²) in [6.45, 7) is 0.919. The van der Waals surface area contributed by atoms with Crippen molar-refractivity contribution in [1.82, 2.24) is 4.98 Å². The maximum atomic E-state index is 11.4. The second-order valence-corrected chi connectivity index (χ2v) is 4.22. The molecule has 2 heterocycles. The number of halogens is 1. The van der Waals surface area contributed by atoms with Crippen LogP contribution in [0.5, 0.6) is 0 Å². The number of rotatable bonds is 1. The Morgan fingerprint density at radius 3 is 2.94 bits per heavy atom. The number of quaternary nitrogens is 1. The van der Waals surface area contributed by atoms with Crippen molar-refractivity contribution in [3.63, 3.8) is 0 Å². The molecule has 0 bridgehead atoms. The maximum Gasteiger partial charge on any atom is 0.282 e. The van der Waals surface area contributed by atoms with E-state index in [4.69, 9.17) is 5.73 Å². The molecule has 3 rings (SSSR count). The molecule has 1 aromatic heterocycles. The minimum atomic E-state index is -0.271. The van der Waals surface area contributed by atoms with Gasteiger partial charge in [-0.15, -0.1) is 0 Å². The summed E-state index contributed by atoms with van der Waals surface area (Å²) in [4.78, 5) is 14.7. The summed E-state index contributed by atoms with van der Waals surface area (Å²) in [5.74, 6) is -0.271. The lowest BCUT2D eigenvalue weighted by atomic mass is 9.99. The number of primary amides is 1. The van der Waals surface area contributed by atoms with E-state index >= 15 is 0 Å². The summed E-state index contributed by atoms with van der Waals surface area (Å²) >= 11 is 0. The van der Waals surface area contributed by atoms with Gasteiger partial charge in [0.1, 0.15) is 0 Å². The Labute approximate surface area is 105 Å². The third kappa shape index (κ3) is 1.79. The summed E-state index contributed by atoms with van der Waals surface area (Å²) in [7, 11) is 0. The normalized spacial score (nSPS) is 18.5. The highest BCUT2D eigenvalue weighted by molar-refractivity contribution is 5.88. The number of para-hydroxylation sites is 1. The maximum absolute atomic E-state index is 11.4. The van der Waals surface area contributed by atoms with Crippen LogP contribution < -0.4 is 23.5 Å². The zero-order valence-corrected chi connectivity index (χ0v) is 10.00. The Morgan fingerprint density at radius 1 is 1.41 bits per heavy atom. The monoisotopic (exact) mass is 251 g/mol. The highest BCUT2D eigenvalue weighted by Gasteiger charge is 2.30. The van der Waals surface area contributed by atoms with Gasteiger partial charge in [-0.05, 0) is 11.6 Å². The number of nitrogens with one attached hydrogen (secondary N) is 1. The van der Waals surface area contributed by atoms with Crippen LogP contribution in [0.3, 0.4) is 0 Å². The Hall–Kier alpha value is -1.52. The number of aromatic nitrogens is 1. The Kier molecular flexibility index (Phi) is 3.09. The average Bonchev–Trinajstić information content (AvgIpc) is 2.67. The lowest BCUT2D eigenvalue weighted by Gasteiger charge is -2.18. The smallest absolute Gasteiger partial charge is 0.282 e. The SMILES string of the molecule is NC(=O)C1[NH2+]CCc2c1[nH]c1ccccc21.[Cl-]. The summed E-state index contributed by atoms with van der Waals surface area (Å²) in [5, 5.41) is 3.22. The number of nitrogens with two attached hydrogens (primary N) is 2. The van der Waals surface area contributed by atoms with Gasteiger partial charge >= 0.3 is 0 Å². The summed E-state index contributed by atoms with van der Waals surface area (Å²) in [6.07, 6.45) is 0.989. The summed E-state index contributed by atoms with van der Waals surface area (Å²) in [6, 6.07) is 7.89. The number of H-pyrrole nitrogens is 1. The van der Waals surface area contributed by atoms with Crippen molar-refractivity contribution in [1.29, 1.82) is 0 Å². The minimum Gasteiger partial charge on any atom is -1.00 e. The molecule has 1 amide bonds. The van der Waals surface area contributed by atoms with Crippen LogP contribution in [0.15, 0.2) is 24.3 Å². The third-order valence-electron chi connectivity index (χ3n) is 3.26. The molecule has 2 aromatic rings. The van der Waals surface area contributed by atoms with Crippen molar-refractivity contribution in [3.8, 4) is 0 Å². The average molecular weight is 252 g/mol. The molecule has 0 spiro atoms. The molecule has 1 aliphatic rings. The van der Waals surface area contributed by atoms with Gasteiger partial charge in [0.2, 0.25) is 6.04 Å². The molecular weight excluding hydrogens is 238 g/mol. The number of amides is 1. The Bertz CT molecular complexity index is 564. The van der Waals surface area contributed by atoms with Crippen molar-refractivity contribution in [3.05, 3.63) is 35.5 Å². The number of hydrogen-bond donors (Lipinski definition) is 3. The molecular formula is C12H14ClN3O. The number of benzene rings is 1. The first-order valence-electron chi connectivity index (χ1n) is 5.49. The Morgan fingerprint density at radius 2 is 2.18 bits per heavy atom. The first-order valence-corrected chi connectivity index (χ1v) is 5.49. The van der Waals surface area contributed by atoms with E-state index in [0.29, 0.717) is 0 Å². The van der Waals surface area contributed by atoms with Crippen LogP contribution in [0.4, 0.5) is 0 Å². The van der Waals surface area contributed by atoms with E-state index in [2.05, 4.69) is 11.1 Å². The molecule has 1 aliphatic heterocycles. The van der Waals surface area contributed by atoms with E-state index in [1.807, 2.05) is 23.5 Å². The van der Waals surface area contributed by atoms with Gasteiger partial charge in [0.05, 0.1) is 12.2 Å². The fourth-order valence-electron chi connectivity index (χ4n) is 2.53. The minimum absolute atomic E-state index is 0. The van der Waals surface area contributed by atoms with E-state index in [9.17, 15) is 4.79 Å². The van der Waals surface area contributed by atoms with Crippen LogP contribution in [0.2, 0.25) is 0 Å². The molecule has 5 heteroatoms. The molecule has 1 atom stereocenters. The van der Waals surface area contributed by atoms with Gasteiger partial charge in [0, 0.05) is 17.3 Å². The lowest BCUT2D eigenvalue weighted by molar-refractivity contribution is -0.686. The summed E-state index contributed by atoms with van der Waals surface area (Å²) in [5.41, 5.74) is 8.74. The van der Waals surface area contributed by atoms with Crippen LogP contribution in [0.25, 0.3) is 10.9 Å². The van der Waals surface area contributed by atoms with E-state index in [-0.39, 0.29) is 24.4 Å². The highest BCUT2D eigenvalue weighted by Crippen LogP contribution is 2.27. The molecule has 0 radical (unpaired) electrons. The van der Waals surface area contributed by atoms with E-state index in [1.165, 1.54) is 10.9 Å². The number of hydrogen-bond acceptors (Lipinski definition) is 1. The predicted octanol–water partition coefficient (Wildman–Crippen LogP) is -3.18. The molecule has 4 nitrogen and oxygen atoms in total. The van der Waals surface area contributed by atoms with E-state index < -0.39 is 0 Å². The molecule has 17 heavy (non-hydrogen) atoms. The third-order valence-corrected chi connectivity index (χ3v) is 3.26. The zero-order chi connectivity index (χ0) is 11.1. The quantitative estimate of drug-likeness (QED) is 0.491. The molecule has 1 unspecified atom stereocenters. The fourth-order valence-corrected chi connectivity index (χ4v) is 2.53. The first kappa shape index (κ1) is 12.0. The predicted molar refractivity (Wildman–Crippen MR) is 60.7 cm³/mol. The van der Waals surface area contributed by atoms with Gasteiger partial charge in [-0.2, -0.15) is 0 Å². The molecule has 90 valence electrons. The van der Waals surface area contributed by atoms with Crippen molar-refractivity contribution in [2.45, 2.75) is 12.5 Å². The van der Waals surface area contributed by atoms with Gasteiger partial charge < -0.3 is 28.4 Å². The van der Waals surface area contributed by atoms with Crippen LogP contribution in [0, 0.1) is 0 Å². The van der Waals surface area contributed by atoms with Crippen LogP contribution in [-0.2, 0) is 11.2 Å². The van der Waals surface area contributed by atoms with Crippen molar-refractivity contribution in [2.75, 3.05) is 6.54 Å². The van der Waals surface area contributed by atoms with Crippen molar-refractivity contribution in [2.24, 2.45) is 5.73 Å². The summed E-state index contributed by atoms with van der Waals surface area (Å²) < 4.78 is 0. The zero-order valence-electron chi connectivity index (χ0n) is 9.24. The van der Waals surface area contributed by atoms with Gasteiger partial charge in [-0.1, -0.05) is 18.2 Å². The van der Waals surface area contributed by atoms with E-state index in [0.717, 1.165) is 24.2 Å². The topological polar surface area (TPSA) is 75.5 Å². The van der Waals surface area contributed by atoms with Crippen molar-refractivity contribution >= 4 is 16.8 Å². The number of carbonyl (C=O) groups excluding carboxylic acids is 1. The van der Waals surface area contributed by atoms with Crippen LogP contribution in [-0.4, -0.2) is 17.4 Å². The van der Waals surface area contributed by atoms with Crippen LogP contribution >= 0.6 is 0 Å². The largest absolute Gasteiger partial charge is 1.00 e. The van der Waals surface area contributed by atoms with Gasteiger partial charge in [-0.25, -0.2) is 0 Å². The fraction of sp³-hybridized carbons (Fsp3) is 0.250. The molecule has 0 aliphatic carbocycles. The van der Waals surface area contributed by atoms with Gasteiger partial charge in [0.15, 0.2) is 0 Å². The van der Waals surface area contributed by atoms with Gasteiger partial charge in [-0.3, -0.25) is 4.79 Å². The number of fused-ring (bicyclic) bond motifs is 3. The Balaban J connectivity index is 0.00000108. The molecule has 0 saturated carbocycles. The molecule has 5 N–H and O–H groups in total. The second kappa shape index (κ2) is 4.39. The molecule has 1 aromatic carbocycles. The molecule has 0 fully saturated rings. The van der Waals surface area contributed by atoms with Crippen molar-refractivity contribution < 1.29 is 22.5 Å².